The Morgan fingerprint density at radius 1 is 0.476 bits per heavy atom. The molecule has 0 rings (SSSR count). The molecular formula is C57H99NO5. The number of unbranched alkanes of at least 4 members (excludes halogenated alkanes) is 25. The van der Waals surface area contributed by atoms with E-state index in [2.05, 4.69) is 50.4 Å². The molecule has 0 bridgehead atoms. The van der Waals surface area contributed by atoms with E-state index in [1.807, 2.05) is 60.8 Å². The van der Waals surface area contributed by atoms with Gasteiger partial charge in [-0.25, -0.2) is 0 Å². The molecule has 0 aromatic rings. The Kier molecular flexibility index (Phi) is 47.7. The van der Waals surface area contributed by atoms with Crippen LogP contribution in [0.2, 0.25) is 0 Å². The third-order valence-corrected chi connectivity index (χ3v) is 11.6. The molecule has 3 N–H and O–H groups in total. The van der Waals surface area contributed by atoms with Gasteiger partial charge in [-0.15, -0.1) is 0 Å². The summed E-state index contributed by atoms with van der Waals surface area (Å²) in [5, 5.41) is 23.7. The number of carbonyl (C=O) groups excluding carboxylic acids is 2. The second-order valence-electron chi connectivity index (χ2n) is 17.7. The summed E-state index contributed by atoms with van der Waals surface area (Å²) < 4.78 is 5.90. The lowest BCUT2D eigenvalue weighted by molar-refractivity contribution is -0.151. The van der Waals surface area contributed by atoms with Gasteiger partial charge in [0.1, 0.15) is 6.10 Å². The third-order valence-electron chi connectivity index (χ3n) is 11.6. The van der Waals surface area contributed by atoms with Crippen LogP contribution in [0.25, 0.3) is 0 Å². The van der Waals surface area contributed by atoms with Crippen molar-refractivity contribution in [2.45, 2.75) is 257 Å². The van der Waals surface area contributed by atoms with E-state index in [1.165, 1.54) is 128 Å². The molecule has 0 saturated heterocycles. The summed E-state index contributed by atoms with van der Waals surface area (Å²) >= 11 is 0. The zero-order valence-corrected chi connectivity index (χ0v) is 41.2. The number of hydrogen-bond acceptors (Lipinski definition) is 5. The Hall–Kier alpha value is -2.96. The highest BCUT2D eigenvalue weighted by molar-refractivity contribution is 5.77. The van der Waals surface area contributed by atoms with Crippen molar-refractivity contribution in [2.75, 3.05) is 6.61 Å². The largest absolute Gasteiger partial charge is 0.462 e. The van der Waals surface area contributed by atoms with Crippen molar-refractivity contribution >= 4 is 11.9 Å². The van der Waals surface area contributed by atoms with Gasteiger partial charge < -0.3 is 20.3 Å². The minimum absolute atomic E-state index is 0.0199. The van der Waals surface area contributed by atoms with Gasteiger partial charge in [0.25, 0.3) is 0 Å². The summed E-state index contributed by atoms with van der Waals surface area (Å²) in [5.41, 5.74) is 0. The molecule has 0 aliphatic rings. The predicted octanol–water partition coefficient (Wildman–Crippen LogP) is 16.0. The quantitative estimate of drug-likeness (QED) is 0.0245. The maximum atomic E-state index is 13.2. The molecule has 1 amide bonds. The van der Waals surface area contributed by atoms with Gasteiger partial charge in [0, 0.05) is 6.42 Å². The fourth-order valence-electron chi connectivity index (χ4n) is 7.64. The molecule has 63 heavy (non-hydrogen) atoms. The fourth-order valence-corrected chi connectivity index (χ4v) is 7.64. The molecule has 0 aromatic carbocycles. The molecule has 3 atom stereocenters. The standard InChI is InChI=1S/C57H99NO5/c1-4-7-10-13-16-19-22-24-26-27-28-30-32-35-38-41-44-47-50-57(62)63-53(48-45-42-39-36-34-31-29-25-23-20-17-14-11-8-5-2)51-56(61)58-54(52-59)55(60)49-46-43-40-37-33-21-18-15-12-9-6-3/h8,11,14,17,20,23,25,28-31,34,36,39,53-55,59-60H,4-7,9-10,12-13,15-16,18-19,21-22,24,26-27,32-33,35,37-38,40-52H2,1-3H3,(H,58,61)/b11-8-,17-14+,23-20+,29-25-,30-28+,34-31+,39-36+. The zero-order chi connectivity index (χ0) is 45.9. The van der Waals surface area contributed by atoms with E-state index < -0.39 is 18.2 Å². The van der Waals surface area contributed by atoms with Gasteiger partial charge in [-0.05, 0) is 64.2 Å². The number of carbonyl (C=O) groups is 2. The third kappa shape index (κ3) is 45.4. The van der Waals surface area contributed by atoms with Gasteiger partial charge in [-0.3, -0.25) is 9.59 Å². The molecule has 0 aliphatic heterocycles. The van der Waals surface area contributed by atoms with E-state index in [-0.39, 0.29) is 24.9 Å². The Balaban J connectivity index is 4.71. The van der Waals surface area contributed by atoms with E-state index >= 15 is 0 Å². The normalized spacial score (nSPS) is 13.9. The van der Waals surface area contributed by atoms with Crippen LogP contribution < -0.4 is 5.32 Å². The first-order valence-corrected chi connectivity index (χ1v) is 26.4. The van der Waals surface area contributed by atoms with Crippen LogP contribution in [-0.4, -0.2) is 46.9 Å². The first-order valence-electron chi connectivity index (χ1n) is 26.4. The molecule has 3 unspecified atom stereocenters. The zero-order valence-electron chi connectivity index (χ0n) is 41.2. The molecule has 6 nitrogen and oxygen atoms in total. The molecule has 0 spiro atoms. The number of nitrogens with one attached hydrogen (secondary N) is 1. The van der Waals surface area contributed by atoms with E-state index in [9.17, 15) is 19.8 Å². The molecule has 362 valence electrons. The molecule has 0 aliphatic carbocycles. The van der Waals surface area contributed by atoms with Gasteiger partial charge in [0.05, 0.1) is 25.2 Å². The number of rotatable bonds is 46. The topological polar surface area (TPSA) is 95.9 Å². The van der Waals surface area contributed by atoms with Crippen LogP contribution in [0.4, 0.5) is 0 Å². The average Bonchev–Trinajstić information content (AvgIpc) is 3.28. The predicted molar refractivity (Wildman–Crippen MR) is 273 cm³/mol. The van der Waals surface area contributed by atoms with Gasteiger partial charge in [0.2, 0.25) is 5.91 Å². The molecular weight excluding hydrogens is 779 g/mol. The summed E-state index contributed by atoms with van der Waals surface area (Å²) in [6, 6.07) is -0.731. The van der Waals surface area contributed by atoms with E-state index in [4.69, 9.17) is 4.74 Å². The number of hydrogen-bond donors (Lipinski definition) is 3. The van der Waals surface area contributed by atoms with Crippen LogP contribution in [0.1, 0.15) is 239 Å². The summed E-state index contributed by atoms with van der Waals surface area (Å²) in [6.45, 7) is 6.31. The second kappa shape index (κ2) is 50.0. The van der Waals surface area contributed by atoms with Gasteiger partial charge in [-0.2, -0.15) is 0 Å². The van der Waals surface area contributed by atoms with Crippen molar-refractivity contribution in [3.05, 3.63) is 85.1 Å². The van der Waals surface area contributed by atoms with Crippen molar-refractivity contribution < 1.29 is 24.5 Å². The maximum absolute atomic E-state index is 13.2. The highest BCUT2D eigenvalue weighted by Crippen LogP contribution is 2.17. The molecule has 0 fully saturated rings. The monoisotopic (exact) mass is 878 g/mol. The molecule has 0 saturated carbocycles. The van der Waals surface area contributed by atoms with E-state index in [1.54, 1.807) is 0 Å². The van der Waals surface area contributed by atoms with Crippen LogP contribution in [0, 0.1) is 0 Å². The Morgan fingerprint density at radius 2 is 0.889 bits per heavy atom. The summed E-state index contributed by atoms with van der Waals surface area (Å²) in [7, 11) is 0. The lowest BCUT2D eigenvalue weighted by Gasteiger charge is -2.24. The van der Waals surface area contributed by atoms with E-state index in [0.29, 0.717) is 19.3 Å². The SMILES string of the molecule is CC\C=C/C=C/C=C/C=C\C=C\C=C\CCCC(CC(=O)NC(CO)C(O)CCCCCCCCCCCCC)OC(=O)CCCCCCC/C=C/CCCCCCCCCCC. The minimum Gasteiger partial charge on any atom is -0.462 e. The number of allylic oxidation sites excluding steroid dienone is 14. The Morgan fingerprint density at radius 3 is 1.37 bits per heavy atom. The average molecular weight is 878 g/mol. The van der Waals surface area contributed by atoms with E-state index in [0.717, 1.165) is 64.2 Å². The van der Waals surface area contributed by atoms with Gasteiger partial charge in [-0.1, -0.05) is 247 Å². The Labute approximate surface area is 389 Å². The fraction of sp³-hybridized carbons (Fsp3) is 0.719. The van der Waals surface area contributed by atoms with Crippen LogP contribution in [0.5, 0.6) is 0 Å². The number of esters is 1. The van der Waals surface area contributed by atoms with Crippen molar-refractivity contribution in [3.63, 3.8) is 0 Å². The van der Waals surface area contributed by atoms with Crippen LogP contribution in [0.15, 0.2) is 85.1 Å². The summed E-state index contributed by atoms with van der Waals surface area (Å²) in [5.74, 6) is -0.561. The number of amides is 1. The lowest BCUT2D eigenvalue weighted by atomic mass is 10.0. The first-order chi connectivity index (χ1) is 31.0. The molecule has 0 radical (unpaired) electrons. The van der Waals surface area contributed by atoms with Crippen molar-refractivity contribution in [1.82, 2.24) is 5.32 Å². The molecule has 6 heteroatoms. The summed E-state index contributed by atoms with van der Waals surface area (Å²) in [4.78, 5) is 26.1. The number of ether oxygens (including phenoxy) is 1. The second-order valence-corrected chi connectivity index (χ2v) is 17.7. The van der Waals surface area contributed by atoms with Gasteiger partial charge >= 0.3 is 5.97 Å². The maximum Gasteiger partial charge on any atom is 0.306 e. The lowest BCUT2D eigenvalue weighted by Crippen LogP contribution is -2.46. The Bertz CT molecular complexity index is 1210. The van der Waals surface area contributed by atoms with Crippen LogP contribution in [0.3, 0.4) is 0 Å². The highest BCUT2D eigenvalue weighted by Gasteiger charge is 2.24. The minimum atomic E-state index is -0.812. The smallest absolute Gasteiger partial charge is 0.306 e. The van der Waals surface area contributed by atoms with Crippen LogP contribution >= 0.6 is 0 Å². The molecule has 0 heterocycles. The van der Waals surface area contributed by atoms with Crippen molar-refractivity contribution in [2.24, 2.45) is 0 Å². The number of aliphatic hydroxyl groups is 2. The van der Waals surface area contributed by atoms with Gasteiger partial charge in [0.15, 0.2) is 0 Å². The van der Waals surface area contributed by atoms with Crippen LogP contribution in [-0.2, 0) is 14.3 Å². The molecule has 0 aromatic heterocycles. The van der Waals surface area contributed by atoms with Crippen molar-refractivity contribution in [3.8, 4) is 0 Å². The van der Waals surface area contributed by atoms with Crippen molar-refractivity contribution in [1.29, 1.82) is 0 Å². The highest BCUT2D eigenvalue weighted by atomic mass is 16.5. The summed E-state index contributed by atoms with van der Waals surface area (Å²) in [6.07, 6.45) is 65.1. The number of aliphatic hydroxyl groups excluding tert-OH is 2. The first kappa shape index (κ1) is 60.0.